The molecule has 0 saturated heterocycles. The van der Waals surface area contributed by atoms with Gasteiger partial charge < -0.3 is 24.8 Å². The molecule has 4 aromatic rings. The first kappa shape index (κ1) is 25.3. The Balaban J connectivity index is 0.00000133. The topological polar surface area (TPSA) is 0 Å². The molecule has 176 valence electrons. The smallest absolute Gasteiger partial charge is 1.00 e. The fraction of sp³-hybridized carbons (Fsp3) is 0.121. The van der Waals surface area contributed by atoms with E-state index in [0.29, 0.717) is 0 Å². The Kier molecular flexibility index (Phi) is 6.95. The van der Waals surface area contributed by atoms with Gasteiger partial charge in [0.25, 0.3) is 0 Å². The van der Waals surface area contributed by atoms with E-state index < -0.39 is 21.3 Å². The average molecular weight is 585 g/mol. The minimum Gasteiger partial charge on any atom is -1.00 e. The van der Waals surface area contributed by atoms with Crippen LogP contribution >= 0.6 is 0 Å². The maximum atomic E-state index is 2.49. The number of hydrogen-bond donors (Lipinski definition) is 0. The van der Waals surface area contributed by atoms with Crippen LogP contribution in [0.4, 0.5) is 0 Å². The Morgan fingerprint density at radius 2 is 1.50 bits per heavy atom. The Labute approximate surface area is 233 Å². The molecule has 0 radical (unpaired) electrons. The molecule has 0 spiro atoms. The van der Waals surface area contributed by atoms with Crippen LogP contribution in [-0.2, 0) is 34.1 Å². The number of halogens is 2. The normalized spacial score (nSPS) is 14.0. The number of rotatable bonds is 2. The molecule has 0 nitrogen and oxygen atoms in total. The second-order valence-corrected chi connectivity index (χ2v) is 16.8. The van der Waals surface area contributed by atoms with E-state index in [2.05, 4.69) is 111 Å². The van der Waals surface area contributed by atoms with E-state index in [0.717, 1.165) is 12.8 Å². The largest absolute Gasteiger partial charge is 1.00 e. The van der Waals surface area contributed by atoms with Crippen molar-refractivity contribution in [3.05, 3.63) is 128 Å². The van der Waals surface area contributed by atoms with Gasteiger partial charge in [-0.25, -0.2) is 0 Å². The molecular weight excluding hydrogens is 558 g/mol. The van der Waals surface area contributed by atoms with Crippen LogP contribution in [-0.4, -0.2) is 3.21 Å². The van der Waals surface area contributed by atoms with Crippen LogP contribution in [0.3, 0.4) is 0 Å². The van der Waals surface area contributed by atoms with Crippen molar-refractivity contribution in [1.29, 1.82) is 0 Å². The summed E-state index contributed by atoms with van der Waals surface area (Å²) in [7, 11) is 0. The van der Waals surface area contributed by atoms with Gasteiger partial charge in [-0.1, -0.05) is 0 Å². The van der Waals surface area contributed by atoms with Gasteiger partial charge in [0.1, 0.15) is 0 Å². The van der Waals surface area contributed by atoms with Crippen molar-refractivity contribution < 1.29 is 46.1 Å². The van der Waals surface area contributed by atoms with Gasteiger partial charge in [-0.15, -0.1) is 0 Å². The monoisotopic (exact) mass is 582 g/mol. The quantitative estimate of drug-likeness (QED) is 0.294. The van der Waals surface area contributed by atoms with Crippen molar-refractivity contribution in [2.75, 3.05) is 0 Å². The molecule has 0 aliphatic heterocycles. The van der Waals surface area contributed by atoms with Crippen LogP contribution in [0.15, 0.2) is 106 Å². The van der Waals surface area contributed by atoms with Gasteiger partial charge in [-0.2, -0.15) is 0 Å². The minimum absolute atomic E-state index is 0. The van der Waals surface area contributed by atoms with Gasteiger partial charge in [0.2, 0.25) is 0 Å². The summed E-state index contributed by atoms with van der Waals surface area (Å²) < 4.78 is 4.96. The Bertz CT molecular complexity index is 1660. The van der Waals surface area contributed by atoms with Gasteiger partial charge in [0.15, 0.2) is 0 Å². The molecule has 0 amide bonds. The zero-order valence-electron chi connectivity index (χ0n) is 20.4. The molecule has 0 fully saturated rings. The second kappa shape index (κ2) is 9.87. The zero-order valence-corrected chi connectivity index (χ0v) is 24.4. The van der Waals surface area contributed by atoms with Gasteiger partial charge in [-0.05, 0) is 0 Å². The second-order valence-electron chi connectivity index (χ2n) is 9.85. The zero-order chi connectivity index (χ0) is 22.8. The third-order valence-electron chi connectivity index (χ3n) is 7.68. The summed E-state index contributed by atoms with van der Waals surface area (Å²) in [6.45, 7) is 4.79. The minimum atomic E-state index is -2.32. The van der Waals surface area contributed by atoms with Gasteiger partial charge in [0, 0.05) is 0 Å². The molecule has 0 N–H and O–H groups in total. The van der Waals surface area contributed by atoms with Crippen molar-refractivity contribution in [3.63, 3.8) is 0 Å². The first-order valence-corrected chi connectivity index (χ1v) is 15.9. The van der Waals surface area contributed by atoms with Crippen LogP contribution in [0, 0.1) is 0 Å². The number of allylic oxidation sites excluding steroid dienone is 6. The molecule has 0 unspecified atom stereocenters. The summed E-state index contributed by atoms with van der Waals surface area (Å²) in [6.07, 6.45) is 9.44. The predicted octanol–water partition coefficient (Wildman–Crippen LogP) is 1.34. The van der Waals surface area contributed by atoms with Crippen LogP contribution in [0.5, 0.6) is 0 Å². The van der Waals surface area contributed by atoms with Crippen LogP contribution in [0.2, 0.25) is 0 Å². The van der Waals surface area contributed by atoms with Crippen molar-refractivity contribution in [2.24, 2.45) is 0 Å². The van der Waals surface area contributed by atoms with Gasteiger partial charge >= 0.3 is 210 Å². The van der Waals surface area contributed by atoms with Crippen molar-refractivity contribution in [1.82, 2.24) is 0 Å². The fourth-order valence-corrected chi connectivity index (χ4v) is 13.4. The molecular formula is C33H26Cl2Zr. The molecule has 0 heterocycles. The molecule has 3 aliphatic carbocycles. The van der Waals surface area contributed by atoms with Crippen LogP contribution < -0.4 is 28.1 Å². The third kappa shape index (κ3) is 3.80. The van der Waals surface area contributed by atoms with Crippen LogP contribution in [0.25, 0.3) is 27.5 Å². The molecule has 36 heavy (non-hydrogen) atoms. The Morgan fingerprint density at radius 3 is 2.36 bits per heavy atom. The SMILES string of the molecule is C[C](C)=[Zr+2]([C]1=C2C(=CCc3ccc4ccccc4c32)C=C1)[c]1cccc2c1Cc1ccccc1-2.[Cl-].[Cl-]. The molecule has 3 heteroatoms. The van der Waals surface area contributed by atoms with E-state index in [1.807, 2.05) is 0 Å². The Morgan fingerprint density at radius 1 is 0.722 bits per heavy atom. The summed E-state index contributed by atoms with van der Waals surface area (Å²) >= 11 is -2.32. The van der Waals surface area contributed by atoms with Gasteiger partial charge in [0.05, 0.1) is 0 Å². The first-order valence-electron chi connectivity index (χ1n) is 12.2. The molecule has 0 bridgehead atoms. The fourth-order valence-electron chi connectivity index (χ4n) is 6.23. The third-order valence-corrected chi connectivity index (χ3v) is 15.0. The van der Waals surface area contributed by atoms with E-state index >= 15 is 0 Å². The summed E-state index contributed by atoms with van der Waals surface area (Å²) in [5.74, 6) is 0. The van der Waals surface area contributed by atoms with Crippen molar-refractivity contribution in [2.45, 2.75) is 26.7 Å². The summed E-state index contributed by atoms with van der Waals surface area (Å²) in [5.41, 5.74) is 11.9. The van der Waals surface area contributed by atoms with E-state index in [1.54, 1.807) is 15.3 Å². The maximum absolute atomic E-state index is 2.49. The predicted molar refractivity (Wildman–Crippen MR) is 142 cm³/mol. The van der Waals surface area contributed by atoms with Crippen molar-refractivity contribution >= 4 is 22.8 Å². The number of benzene rings is 4. The standard InChI is InChI=1S/C17H11.C13H9.C3H6.2ClH.Zr/c1-2-6-15-12(4-1)8-10-14-11-9-13-5-3-7-16(13)17(14)15;1-3-7-12-10(5-1)9-11-6-2-4-8-13(11)12;1-3-2;;;/h1-6,8-10H,11H2;1-5,7-8H,9H2;1-2H3;2*1H;/q;;;;;+2/p-2. The summed E-state index contributed by atoms with van der Waals surface area (Å²) in [5, 5.41) is 2.75. The molecule has 0 atom stereocenters. The van der Waals surface area contributed by atoms with Gasteiger partial charge in [-0.3, -0.25) is 0 Å². The number of fused-ring (bicyclic) bond motifs is 8. The molecule has 0 aromatic heterocycles. The van der Waals surface area contributed by atoms with E-state index in [9.17, 15) is 0 Å². The Hall–Kier alpha value is -2.31. The molecule has 0 saturated carbocycles. The van der Waals surface area contributed by atoms with E-state index in [4.69, 9.17) is 0 Å². The average Bonchev–Trinajstić information content (AvgIpc) is 3.46. The van der Waals surface area contributed by atoms with E-state index in [-0.39, 0.29) is 24.8 Å². The molecule has 7 rings (SSSR count). The number of hydrogen-bond acceptors (Lipinski definition) is 0. The molecule has 3 aliphatic rings. The summed E-state index contributed by atoms with van der Waals surface area (Å²) in [4.78, 5) is 0. The van der Waals surface area contributed by atoms with Crippen LogP contribution in [0.1, 0.15) is 36.1 Å². The molecule has 4 aromatic carbocycles. The maximum Gasteiger partial charge on any atom is -1.00 e. The van der Waals surface area contributed by atoms with E-state index in [1.165, 1.54) is 49.7 Å². The van der Waals surface area contributed by atoms with Crippen molar-refractivity contribution in [3.8, 4) is 11.1 Å². The summed E-state index contributed by atoms with van der Waals surface area (Å²) in [6, 6.07) is 29.7. The first-order chi connectivity index (χ1) is 16.7.